The Kier molecular flexibility index (Phi) is 3.63. The molecule has 0 aromatic heterocycles. The number of nitrogens with one attached hydrogen (secondary N) is 1. The molecule has 0 aliphatic heterocycles. The van der Waals surface area contributed by atoms with Crippen molar-refractivity contribution in [2.24, 2.45) is 5.73 Å². The first-order chi connectivity index (χ1) is 8.58. The quantitative estimate of drug-likeness (QED) is 0.865. The van der Waals surface area contributed by atoms with E-state index in [9.17, 15) is 4.39 Å². The second-order valence-electron chi connectivity index (χ2n) is 4.51. The largest absolute Gasteiger partial charge is 0.355 e. The average Bonchev–Trinajstić information content (AvgIpc) is 2.30. The van der Waals surface area contributed by atoms with Gasteiger partial charge in [-0.3, -0.25) is 0 Å². The molecule has 0 radical (unpaired) electrons. The van der Waals surface area contributed by atoms with Crippen LogP contribution in [0, 0.1) is 19.7 Å². The molecule has 0 unspecified atom stereocenters. The van der Waals surface area contributed by atoms with Gasteiger partial charge in [0.2, 0.25) is 0 Å². The van der Waals surface area contributed by atoms with Gasteiger partial charge in [-0.2, -0.15) is 0 Å². The molecule has 0 heterocycles. The molecular weight excluding hydrogens is 227 g/mol. The van der Waals surface area contributed by atoms with E-state index in [1.807, 2.05) is 13.8 Å². The number of hydrogen-bond acceptors (Lipinski definition) is 2. The maximum Gasteiger partial charge on any atom is 0.123 e. The van der Waals surface area contributed by atoms with E-state index in [0.717, 1.165) is 16.9 Å². The normalized spacial score (nSPS) is 10.4. The number of hydrogen-bond donors (Lipinski definition) is 2. The van der Waals surface area contributed by atoms with Gasteiger partial charge in [0.1, 0.15) is 5.82 Å². The van der Waals surface area contributed by atoms with Crippen LogP contribution in [0.4, 0.5) is 15.8 Å². The Balaban J connectivity index is 2.33. The molecule has 0 aliphatic rings. The monoisotopic (exact) mass is 244 g/mol. The summed E-state index contributed by atoms with van der Waals surface area (Å²) in [6, 6.07) is 10.8. The van der Waals surface area contributed by atoms with Gasteiger partial charge in [-0.1, -0.05) is 6.07 Å². The third kappa shape index (κ3) is 2.87. The molecule has 2 nitrogen and oxygen atoms in total. The highest BCUT2D eigenvalue weighted by molar-refractivity contribution is 5.64. The van der Waals surface area contributed by atoms with E-state index in [2.05, 4.69) is 23.5 Å². The van der Waals surface area contributed by atoms with Crippen LogP contribution in [0.25, 0.3) is 0 Å². The molecule has 0 amide bonds. The van der Waals surface area contributed by atoms with Gasteiger partial charge in [-0.15, -0.1) is 0 Å². The predicted molar refractivity (Wildman–Crippen MR) is 73.5 cm³/mol. The molecule has 0 atom stereocenters. The van der Waals surface area contributed by atoms with Crippen LogP contribution in [0.15, 0.2) is 36.4 Å². The molecule has 18 heavy (non-hydrogen) atoms. The van der Waals surface area contributed by atoms with Crippen LogP contribution in [0.1, 0.15) is 16.7 Å². The second kappa shape index (κ2) is 5.19. The van der Waals surface area contributed by atoms with Gasteiger partial charge in [0.25, 0.3) is 0 Å². The Morgan fingerprint density at radius 1 is 1.06 bits per heavy atom. The molecule has 0 fully saturated rings. The Morgan fingerprint density at radius 2 is 1.72 bits per heavy atom. The molecule has 2 aromatic carbocycles. The van der Waals surface area contributed by atoms with Crippen LogP contribution in [-0.4, -0.2) is 0 Å². The lowest BCUT2D eigenvalue weighted by Crippen LogP contribution is -2.02. The van der Waals surface area contributed by atoms with E-state index < -0.39 is 0 Å². The van der Waals surface area contributed by atoms with E-state index in [1.54, 1.807) is 6.07 Å². The highest BCUT2D eigenvalue weighted by Crippen LogP contribution is 2.23. The van der Waals surface area contributed by atoms with Gasteiger partial charge in [-0.25, -0.2) is 4.39 Å². The molecule has 0 bridgehead atoms. The minimum absolute atomic E-state index is 0.263. The van der Waals surface area contributed by atoms with Gasteiger partial charge in [0.15, 0.2) is 0 Å². The van der Waals surface area contributed by atoms with Crippen molar-refractivity contribution in [1.82, 2.24) is 0 Å². The molecule has 3 N–H and O–H groups in total. The van der Waals surface area contributed by atoms with Crippen LogP contribution in [0.3, 0.4) is 0 Å². The van der Waals surface area contributed by atoms with Gasteiger partial charge in [0, 0.05) is 17.9 Å². The lowest BCUT2D eigenvalue weighted by Gasteiger charge is -2.12. The summed E-state index contributed by atoms with van der Waals surface area (Å²) in [6.07, 6.45) is 0. The fourth-order valence-electron chi connectivity index (χ4n) is 2.06. The summed E-state index contributed by atoms with van der Waals surface area (Å²) in [5.41, 5.74) is 10.6. The summed E-state index contributed by atoms with van der Waals surface area (Å²) < 4.78 is 13.1. The van der Waals surface area contributed by atoms with Gasteiger partial charge in [-0.05, 0) is 60.9 Å². The number of rotatable bonds is 3. The van der Waals surface area contributed by atoms with Crippen LogP contribution in [0.2, 0.25) is 0 Å². The minimum atomic E-state index is -0.263. The Morgan fingerprint density at radius 3 is 2.33 bits per heavy atom. The molecule has 0 spiro atoms. The minimum Gasteiger partial charge on any atom is -0.355 e. The standard InChI is InChI=1S/C15H17FN2/c1-10-5-11(2)7-14(6-10)18-15-4-3-13(16)8-12(15)9-17/h3-8,18H,9,17H2,1-2H3. The number of anilines is 2. The van der Waals surface area contributed by atoms with E-state index in [-0.39, 0.29) is 5.82 Å². The topological polar surface area (TPSA) is 38.0 Å². The van der Waals surface area contributed by atoms with Gasteiger partial charge >= 0.3 is 0 Å². The Labute approximate surface area is 107 Å². The lowest BCUT2D eigenvalue weighted by molar-refractivity contribution is 0.626. The zero-order valence-electron chi connectivity index (χ0n) is 10.6. The molecule has 94 valence electrons. The highest BCUT2D eigenvalue weighted by Gasteiger charge is 2.04. The number of benzene rings is 2. The first kappa shape index (κ1) is 12.6. The van der Waals surface area contributed by atoms with Crippen molar-refractivity contribution < 1.29 is 4.39 Å². The van der Waals surface area contributed by atoms with Crippen molar-refractivity contribution in [2.75, 3.05) is 5.32 Å². The Hall–Kier alpha value is -1.87. The molecule has 2 aromatic rings. The number of aryl methyl sites for hydroxylation is 2. The predicted octanol–water partition coefficient (Wildman–Crippen LogP) is 3.64. The smallest absolute Gasteiger partial charge is 0.123 e. The van der Waals surface area contributed by atoms with Gasteiger partial charge < -0.3 is 11.1 Å². The van der Waals surface area contributed by atoms with E-state index in [4.69, 9.17) is 5.73 Å². The first-order valence-electron chi connectivity index (χ1n) is 5.92. The summed E-state index contributed by atoms with van der Waals surface area (Å²) in [6.45, 7) is 4.41. The molecular formula is C15H17FN2. The fourth-order valence-corrected chi connectivity index (χ4v) is 2.06. The summed E-state index contributed by atoms with van der Waals surface area (Å²) in [5.74, 6) is -0.263. The zero-order chi connectivity index (χ0) is 13.1. The summed E-state index contributed by atoms with van der Waals surface area (Å²) in [5, 5.41) is 3.29. The fraction of sp³-hybridized carbons (Fsp3) is 0.200. The highest BCUT2D eigenvalue weighted by atomic mass is 19.1. The lowest BCUT2D eigenvalue weighted by atomic mass is 10.1. The maximum atomic E-state index is 13.1. The van der Waals surface area contributed by atoms with Crippen molar-refractivity contribution in [3.05, 3.63) is 58.9 Å². The second-order valence-corrected chi connectivity index (χ2v) is 4.51. The molecule has 0 saturated heterocycles. The summed E-state index contributed by atoms with van der Waals surface area (Å²) >= 11 is 0. The Bertz CT molecular complexity index is 544. The van der Waals surface area contributed by atoms with Crippen molar-refractivity contribution >= 4 is 11.4 Å². The molecule has 0 saturated carbocycles. The van der Waals surface area contributed by atoms with E-state index in [1.165, 1.54) is 23.3 Å². The van der Waals surface area contributed by atoms with Crippen LogP contribution >= 0.6 is 0 Å². The summed E-state index contributed by atoms with van der Waals surface area (Å²) in [4.78, 5) is 0. The zero-order valence-corrected chi connectivity index (χ0v) is 10.6. The number of halogens is 1. The molecule has 0 aliphatic carbocycles. The van der Waals surface area contributed by atoms with E-state index >= 15 is 0 Å². The van der Waals surface area contributed by atoms with Gasteiger partial charge in [0.05, 0.1) is 0 Å². The summed E-state index contributed by atoms with van der Waals surface area (Å²) in [7, 11) is 0. The van der Waals surface area contributed by atoms with Crippen molar-refractivity contribution in [1.29, 1.82) is 0 Å². The van der Waals surface area contributed by atoms with Crippen molar-refractivity contribution in [2.45, 2.75) is 20.4 Å². The van der Waals surface area contributed by atoms with Crippen molar-refractivity contribution in [3.8, 4) is 0 Å². The number of nitrogens with two attached hydrogens (primary N) is 1. The molecule has 2 rings (SSSR count). The third-order valence-electron chi connectivity index (χ3n) is 2.79. The maximum absolute atomic E-state index is 13.1. The van der Waals surface area contributed by atoms with Crippen molar-refractivity contribution in [3.63, 3.8) is 0 Å². The van der Waals surface area contributed by atoms with Crippen LogP contribution < -0.4 is 11.1 Å². The van der Waals surface area contributed by atoms with Crippen LogP contribution in [-0.2, 0) is 6.54 Å². The third-order valence-corrected chi connectivity index (χ3v) is 2.79. The van der Waals surface area contributed by atoms with Crippen LogP contribution in [0.5, 0.6) is 0 Å². The SMILES string of the molecule is Cc1cc(C)cc(Nc2ccc(F)cc2CN)c1. The average molecular weight is 244 g/mol. The molecule has 3 heteroatoms. The van der Waals surface area contributed by atoms with E-state index in [0.29, 0.717) is 6.54 Å². The first-order valence-corrected chi connectivity index (χ1v) is 5.92.